The first-order valence-electron chi connectivity index (χ1n) is 5.53. The molecule has 1 fully saturated rings. The molecule has 82 valence electrons. The standard InChI is InChI=1S/C12H17BrN2/c13-9-4-3-5-10(8-9)15-12-7-2-1-6-11(12)14/h3-5,8,11-12,15H,1-2,6-7,14H2/t11-,12+/m0/s1. The highest BCUT2D eigenvalue weighted by Crippen LogP contribution is 2.22. The molecule has 3 heteroatoms. The van der Waals surface area contributed by atoms with Crippen molar-refractivity contribution in [1.82, 2.24) is 0 Å². The number of halogens is 1. The highest BCUT2D eigenvalue weighted by Gasteiger charge is 2.21. The highest BCUT2D eigenvalue weighted by atomic mass is 79.9. The van der Waals surface area contributed by atoms with Gasteiger partial charge in [0.1, 0.15) is 0 Å². The molecule has 0 heterocycles. The first-order valence-corrected chi connectivity index (χ1v) is 6.33. The Kier molecular flexibility index (Phi) is 3.65. The number of hydrogen-bond acceptors (Lipinski definition) is 2. The van der Waals surface area contributed by atoms with Gasteiger partial charge < -0.3 is 11.1 Å². The second-order valence-corrected chi connectivity index (χ2v) is 5.13. The van der Waals surface area contributed by atoms with E-state index >= 15 is 0 Å². The average Bonchev–Trinajstić information content (AvgIpc) is 2.22. The maximum absolute atomic E-state index is 6.09. The predicted octanol–water partition coefficient (Wildman–Crippen LogP) is 3.13. The number of nitrogens with two attached hydrogens (primary N) is 1. The molecule has 0 spiro atoms. The summed E-state index contributed by atoms with van der Waals surface area (Å²) in [6.07, 6.45) is 4.90. The van der Waals surface area contributed by atoms with E-state index in [2.05, 4.69) is 33.4 Å². The summed E-state index contributed by atoms with van der Waals surface area (Å²) < 4.78 is 1.11. The van der Waals surface area contributed by atoms with Crippen LogP contribution in [0.5, 0.6) is 0 Å². The lowest BCUT2D eigenvalue weighted by molar-refractivity contribution is 0.404. The molecule has 1 aliphatic rings. The minimum Gasteiger partial charge on any atom is -0.381 e. The van der Waals surface area contributed by atoms with Gasteiger partial charge in [-0.2, -0.15) is 0 Å². The Morgan fingerprint density at radius 3 is 2.80 bits per heavy atom. The van der Waals surface area contributed by atoms with E-state index in [0.717, 1.165) is 16.6 Å². The molecule has 2 nitrogen and oxygen atoms in total. The zero-order chi connectivity index (χ0) is 10.7. The smallest absolute Gasteiger partial charge is 0.0412 e. The lowest BCUT2D eigenvalue weighted by atomic mass is 9.91. The molecule has 0 bridgehead atoms. The van der Waals surface area contributed by atoms with Gasteiger partial charge in [0.25, 0.3) is 0 Å². The van der Waals surface area contributed by atoms with Crippen LogP contribution in [-0.4, -0.2) is 12.1 Å². The summed E-state index contributed by atoms with van der Waals surface area (Å²) in [5.41, 5.74) is 7.25. The van der Waals surface area contributed by atoms with Crippen LogP contribution < -0.4 is 11.1 Å². The molecule has 2 rings (SSSR count). The van der Waals surface area contributed by atoms with Crippen molar-refractivity contribution in [2.45, 2.75) is 37.8 Å². The summed E-state index contributed by atoms with van der Waals surface area (Å²) in [4.78, 5) is 0. The second kappa shape index (κ2) is 4.99. The van der Waals surface area contributed by atoms with Crippen LogP contribution in [0.15, 0.2) is 28.7 Å². The van der Waals surface area contributed by atoms with Crippen LogP contribution in [0.3, 0.4) is 0 Å². The number of anilines is 1. The summed E-state index contributed by atoms with van der Waals surface area (Å²) in [5.74, 6) is 0. The molecule has 3 N–H and O–H groups in total. The number of hydrogen-bond donors (Lipinski definition) is 2. The predicted molar refractivity (Wildman–Crippen MR) is 68.0 cm³/mol. The average molecular weight is 269 g/mol. The zero-order valence-corrected chi connectivity index (χ0v) is 10.3. The molecule has 0 saturated heterocycles. The molecule has 1 aromatic rings. The van der Waals surface area contributed by atoms with E-state index in [-0.39, 0.29) is 0 Å². The van der Waals surface area contributed by atoms with Gasteiger partial charge in [-0.1, -0.05) is 34.8 Å². The van der Waals surface area contributed by atoms with Crippen LogP contribution in [-0.2, 0) is 0 Å². The molecule has 1 aromatic carbocycles. The van der Waals surface area contributed by atoms with E-state index in [1.807, 2.05) is 12.1 Å². The van der Waals surface area contributed by atoms with Gasteiger partial charge in [0.15, 0.2) is 0 Å². The van der Waals surface area contributed by atoms with Crippen molar-refractivity contribution < 1.29 is 0 Å². The topological polar surface area (TPSA) is 38.0 Å². The van der Waals surface area contributed by atoms with Gasteiger partial charge in [-0.05, 0) is 31.0 Å². The van der Waals surface area contributed by atoms with E-state index in [4.69, 9.17) is 5.73 Å². The van der Waals surface area contributed by atoms with Crippen molar-refractivity contribution in [3.05, 3.63) is 28.7 Å². The summed E-state index contributed by atoms with van der Waals surface area (Å²) in [5, 5.41) is 3.52. The van der Waals surface area contributed by atoms with Crippen molar-refractivity contribution in [3.8, 4) is 0 Å². The number of rotatable bonds is 2. The Labute approximate surface area is 99.4 Å². The summed E-state index contributed by atoms with van der Waals surface area (Å²) in [6.45, 7) is 0. The Hall–Kier alpha value is -0.540. The maximum atomic E-state index is 6.09. The molecule has 1 aliphatic carbocycles. The van der Waals surface area contributed by atoms with E-state index in [9.17, 15) is 0 Å². The fourth-order valence-electron chi connectivity index (χ4n) is 2.13. The first-order chi connectivity index (χ1) is 7.25. The van der Waals surface area contributed by atoms with Crippen LogP contribution in [0.2, 0.25) is 0 Å². The Balaban J connectivity index is 2.01. The third kappa shape index (κ3) is 2.95. The van der Waals surface area contributed by atoms with Crippen molar-refractivity contribution in [3.63, 3.8) is 0 Å². The highest BCUT2D eigenvalue weighted by molar-refractivity contribution is 9.10. The van der Waals surface area contributed by atoms with Crippen LogP contribution in [0.1, 0.15) is 25.7 Å². The fraction of sp³-hybridized carbons (Fsp3) is 0.500. The number of benzene rings is 1. The third-order valence-electron chi connectivity index (χ3n) is 3.00. The van der Waals surface area contributed by atoms with Crippen LogP contribution in [0, 0.1) is 0 Å². The number of nitrogens with one attached hydrogen (secondary N) is 1. The van der Waals surface area contributed by atoms with Gasteiger partial charge in [-0.15, -0.1) is 0 Å². The van der Waals surface area contributed by atoms with E-state index in [1.54, 1.807) is 0 Å². The van der Waals surface area contributed by atoms with Crippen LogP contribution in [0.25, 0.3) is 0 Å². The SMILES string of the molecule is N[C@H]1CCCC[C@H]1Nc1cccc(Br)c1. The summed E-state index contributed by atoms with van der Waals surface area (Å²) >= 11 is 3.47. The molecule has 2 atom stereocenters. The summed E-state index contributed by atoms with van der Waals surface area (Å²) in [7, 11) is 0. The van der Waals surface area contributed by atoms with Crippen LogP contribution >= 0.6 is 15.9 Å². The molecular weight excluding hydrogens is 252 g/mol. The molecule has 0 radical (unpaired) electrons. The summed E-state index contributed by atoms with van der Waals surface area (Å²) in [6, 6.07) is 9.01. The molecule has 0 unspecified atom stereocenters. The quantitative estimate of drug-likeness (QED) is 0.865. The van der Waals surface area contributed by atoms with E-state index in [0.29, 0.717) is 12.1 Å². The molecule has 0 aromatic heterocycles. The molecule has 15 heavy (non-hydrogen) atoms. The minimum atomic E-state index is 0.303. The molecule has 0 aliphatic heterocycles. The fourth-order valence-corrected chi connectivity index (χ4v) is 2.53. The van der Waals surface area contributed by atoms with E-state index < -0.39 is 0 Å². The normalized spacial score (nSPS) is 26.3. The van der Waals surface area contributed by atoms with Crippen molar-refractivity contribution in [2.24, 2.45) is 5.73 Å². The van der Waals surface area contributed by atoms with Gasteiger partial charge in [0.2, 0.25) is 0 Å². The van der Waals surface area contributed by atoms with Crippen molar-refractivity contribution in [2.75, 3.05) is 5.32 Å². The Bertz CT molecular complexity index is 327. The maximum Gasteiger partial charge on any atom is 0.0412 e. The van der Waals surface area contributed by atoms with Gasteiger partial charge >= 0.3 is 0 Å². The molecule has 1 saturated carbocycles. The minimum absolute atomic E-state index is 0.303. The lowest BCUT2D eigenvalue weighted by Crippen LogP contribution is -2.42. The van der Waals surface area contributed by atoms with Gasteiger partial charge in [-0.3, -0.25) is 0 Å². The largest absolute Gasteiger partial charge is 0.381 e. The molecule has 0 amide bonds. The second-order valence-electron chi connectivity index (χ2n) is 4.21. The van der Waals surface area contributed by atoms with Crippen LogP contribution in [0.4, 0.5) is 5.69 Å². The zero-order valence-electron chi connectivity index (χ0n) is 8.75. The van der Waals surface area contributed by atoms with Crippen molar-refractivity contribution >= 4 is 21.6 Å². The van der Waals surface area contributed by atoms with E-state index in [1.165, 1.54) is 19.3 Å². The Morgan fingerprint density at radius 2 is 2.07 bits per heavy atom. The van der Waals surface area contributed by atoms with Gasteiger partial charge in [0.05, 0.1) is 0 Å². The van der Waals surface area contributed by atoms with Gasteiger partial charge in [-0.25, -0.2) is 0 Å². The first kappa shape index (κ1) is 11.0. The van der Waals surface area contributed by atoms with Crippen molar-refractivity contribution in [1.29, 1.82) is 0 Å². The molecular formula is C12H17BrN2. The lowest BCUT2D eigenvalue weighted by Gasteiger charge is -2.30. The Morgan fingerprint density at radius 1 is 1.27 bits per heavy atom. The monoisotopic (exact) mass is 268 g/mol. The third-order valence-corrected chi connectivity index (χ3v) is 3.49. The van der Waals surface area contributed by atoms with Gasteiger partial charge in [0, 0.05) is 22.2 Å².